The fourth-order valence-electron chi connectivity index (χ4n) is 3.82. The molecule has 1 aliphatic rings. The third-order valence-corrected chi connectivity index (χ3v) is 5.46. The van der Waals surface area contributed by atoms with Crippen molar-refractivity contribution in [2.75, 3.05) is 27.4 Å². The maximum atomic E-state index is 12.6. The molecule has 1 aromatic heterocycles. The minimum Gasteiger partial charge on any atom is -0.493 e. The number of ether oxygens (including phenoxy) is 4. The van der Waals surface area contributed by atoms with E-state index < -0.39 is 5.97 Å². The van der Waals surface area contributed by atoms with E-state index in [0.29, 0.717) is 22.6 Å². The lowest BCUT2D eigenvalue weighted by Crippen LogP contribution is -2.18. The molecule has 1 aromatic carbocycles. The molecule has 2 heterocycles. The number of hydrogen-bond donors (Lipinski definition) is 0. The van der Waals surface area contributed by atoms with Crippen LogP contribution in [0.2, 0.25) is 0 Å². The zero-order valence-electron chi connectivity index (χ0n) is 18.5. The van der Waals surface area contributed by atoms with Crippen LogP contribution in [-0.2, 0) is 20.8 Å². The fourth-order valence-corrected chi connectivity index (χ4v) is 3.82. The van der Waals surface area contributed by atoms with Crippen molar-refractivity contribution in [2.24, 2.45) is 0 Å². The summed E-state index contributed by atoms with van der Waals surface area (Å²) in [6.45, 7) is 5.08. The smallest absolute Gasteiger partial charge is 0.331 e. The predicted octanol–water partition coefficient (Wildman–Crippen LogP) is 3.74. The second-order valence-corrected chi connectivity index (χ2v) is 7.48. The Morgan fingerprint density at radius 3 is 2.71 bits per heavy atom. The van der Waals surface area contributed by atoms with Gasteiger partial charge in [-0.15, -0.1) is 0 Å². The monoisotopic (exact) mass is 427 g/mol. The second kappa shape index (κ2) is 10.3. The first kappa shape index (κ1) is 22.6. The Bertz CT molecular complexity index is 969. The van der Waals surface area contributed by atoms with Crippen LogP contribution >= 0.6 is 0 Å². The molecule has 0 saturated carbocycles. The van der Waals surface area contributed by atoms with E-state index in [1.165, 1.54) is 13.2 Å². The number of methoxy groups -OCH3 is 2. The van der Waals surface area contributed by atoms with E-state index in [1.54, 1.807) is 31.4 Å². The summed E-state index contributed by atoms with van der Waals surface area (Å²) in [5.74, 6) is 0.245. The molecule has 1 unspecified atom stereocenters. The molecule has 7 nitrogen and oxygen atoms in total. The molecule has 0 radical (unpaired) electrons. The summed E-state index contributed by atoms with van der Waals surface area (Å²) in [4.78, 5) is 24.8. The molecular weight excluding hydrogens is 398 g/mol. The van der Waals surface area contributed by atoms with Gasteiger partial charge in [0.15, 0.2) is 18.1 Å². The molecule has 31 heavy (non-hydrogen) atoms. The van der Waals surface area contributed by atoms with Gasteiger partial charge < -0.3 is 23.5 Å². The first-order chi connectivity index (χ1) is 14.9. The van der Waals surface area contributed by atoms with Crippen LogP contribution in [0.3, 0.4) is 0 Å². The van der Waals surface area contributed by atoms with Gasteiger partial charge in [0.25, 0.3) is 0 Å². The SMILES string of the molecule is COc1cccc(C=CC(=O)OCC(=O)c2cc(C)n(CC3CCCO3)c2C)c1OC. The minimum atomic E-state index is -0.605. The number of carbonyl (C=O) groups is 2. The number of para-hydroxylation sites is 1. The highest BCUT2D eigenvalue weighted by Gasteiger charge is 2.21. The predicted molar refractivity (Wildman–Crippen MR) is 117 cm³/mol. The number of ketones is 1. The van der Waals surface area contributed by atoms with Gasteiger partial charge in [-0.05, 0) is 44.9 Å². The Labute approximate surface area is 182 Å². The third-order valence-electron chi connectivity index (χ3n) is 5.46. The van der Waals surface area contributed by atoms with Crippen LogP contribution in [0.1, 0.15) is 40.2 Å². The van der Waals surface area contributed by atoms with E-state index in [4.69, 9.17) is 18.9 Å². The summed E-state index contributed by atoms with van der Waals surface area (Å²) in [5, 5.41) is 0. The molecule has 0 N–H and O–H groups in total. The Morgan fingerprint density at radius 2 is 2.03 bits per heavy atom. The molecule has 1 atom stereocenters. The fraction of sp³-hybridized carbons (Fsp3) is 0.417. The average molecular weight is 427 g/mol. The van der Waals surface area contributed by atoms with E-state index in [-0.39, 0.29) is 18.5 Å². The average Bonchev–Trinajstić information content (AvgIpc) is 3.39. The zero-order valence-corrected chi connectivity index (χ0v) is 18.5. The van der Waals surface area contributed by atoms with Crippen LogP contribution in [0.25, 0.3) is 6.08 Å². The molecule has 0 spiro atoms. The lowest BCUT2D eigenvalue weighted by atomic mass is 10.1. The van der Waals surface area contributed by atoms with E-state index in [2.05, 4.69) is 4.57 Å². The van der Waals surface area contributed by atoms with Gasteiger partial charge in [0.2, 0.25) is 5.78 Å². The molecule has 0 amide bonds. The van der Waals surface area contributed by atoms with Crippen molar-refractivity contribution in [1.29, 1.82) is 0 Å². The molecule has 1 fully saturated rings. The molecular formula is C24H29NO6. The van der Waals surface area contributed by atoms with Crippen LogP contribution < -0.4 is 9.47 Å². The first-order valence-corrected chi connectivity index (χ1v) is 10.3. The molecule has 2 aromatic rings. The summed E-state index contributed by atoms with van der Waals surface area (Å²) in [6, 6.07) is 7.20. The normalized spacial score (nSPS) is 15.9. The number of nitrogens with zero attached hydrogens (tertiary/aromatic N) is 1. The number of esters is 1. The van der Waals surface area contributed by atoms with Gasteiger partial charge >= 0.3 is 5.97 Å². The molecule has 1 aliphatic heterocycles. The topological polar surface area (TPSA) is 76.0 Å². The van der Waals surface area contributed by atoms with Crippen molar-refractivity contribution in [3.8, 4) is 11.5 Å². The molecule has 0 bridgehead atoms. The summed E-state index contributed by atoms with van der Waals surface area (Å²) >= 11 is 0. The maximum absolute atomic E-state index is 12.6. The summed E-state index contributed by atoms with van der Waals surface area (Å²) in [6.07, 6.45) is 5.13. The highest BCUT2D eigenvalue weighted by Crippen LogP contribution is 2.31. The minimum absolute atomic E-state index is 0.185. The Morgan fingerprint density at radius 1 is 1.23 bits per heavy atom. The summed E-state index contributed by atoms with van der Waals surface area (Å²) in [7, 11) is 3.07. The first-order valence-electron chi connectivity index (χ1n) is 10.3. The molecule has 7 heteroatoms. The third kappa shape index (κ3) is 5.35. The lowest BCUT2D eigenvalue weighted by molar-refractivity contribution is -0.136. The zero-order chi connectivity index (χ0) is 22.4. The lowest BCUT2D eigenvalue weighted by Gasteiger charge is -2.14. The van der Waals surface area contributed by atoms with Gasteiger partial charge in [-0.2, -0.15) is 0 Å². The standard InChI is InChI=1S/C24H29NO6/c1-16-13-20(17(2)25(16)14-19-8-6-12-30-19)21(26)15-31-23(27)11-10-18-7-5-9-22(28-3)24(18)29-4/h5,7,9-11,13,19H,6,8,12,14-15H2,1-4H3. The Hall–Kier alpha value is -3.06. The van der Waals surface area contributed by atoms with Crippen LogP contribution in [0.5, 0.6) is 11.5 Å². The number of hydrogen-bond acceptors (Lipinski definition) is 6. The number of Topliss-reactive ketones (excluding diaryl/α,β-unsaturated/α-hetero) is 1. The number of benzene rings is 1. The van der Waals surface area contributed by atoms with E-state index in [9.17, 15) is 9.59 Å². The Kier molecular flexibility index (Phi) is 7.52. The molecule has 3 rings (SSSR count). The van der Waals surface area contributed by atoms with Gasteiger partial charge in [-0.1, -0.05) is 12.1 Å². The summed E-state index contributed by atoms with van der Waals surface area (Å²) in [5.41, 5.74) is 3.10. The highest BCUT2D eigenvalue weighted by molar-refractivity contribution is 6.00. The summed E-state index contributed by atoms with van der Waals surface area (Å²) < 4.78 is 23.6. The maximum Gasteiger partial charge on any atom is 0.331 e. The van der Waals surface area contributed by atoms with Crippen LogP contribution in [-0.4, -0.2) is 49.9 Å². The van der Waals surface area contributed by atoms with Gasteiger partial charge in [0.05, 0.1) is 20.3 Å². The molecule has 166 valence electrons. The van der Waals surface area contributed by atoms with Gasteiger partial charge in [-0.25, -0.2) is 4.79 Å². The van der Waals surface area contributed by atoms with E-state index >= 15 is 0 Å². The van der Waals surface area contributed by atoms with E-state index in [0.717, 1.165) is 37.4 Å². The number of carbonyl (C=O) groups excluding carboxylic acids is 2. The van der Waals surface area contributed by atoms with Gasteiger partial charge in [0.1, 0.15) is 0 Å². The van der Waals surface area contributed by atoms with Crippen LogP contribution in [0, 0.1) is 13.8 Å². The van der Waals surface area contributed by atoms with E-state index in [1.807, 2.05) is 19.9 Å². The molecule has 1 saturated heterocycles. The van der Waals surface area contributed by atoms with Crippen LogP contribution in [0.15, 0.2) is 30.3 Å². The van der Waals surface area contributed by atoms with Gasteiger partial charge in [0, 0.05) is 41.7 Å². The van der Waals surface area contributed by atoms with Gasteiger partial charge in [-0.3, -0.25) is 4.79 Å². The number of aryl methyl sites for hydroxylation is 1. The van der Waals surface area contributed by atoms with Crippen molar-refractivity contribution in [3.05, 3.63) is 52.9 Å². The number of aromatic nitrogens is 1. The molecule has 0 aliphatic carbocycles. The van der Waals surface area contributed by atoms with Crippen molar-refractivity contribution in [3.63, 3.8) is 0 Å². The van der Waals surface area contributed by atoms with Crippen molar-refractivity contribution in [2.45, 2.75) is 39.3 Å². The second-order valence-electron chi connectivity index (χ2n) is 7.48. The highest BCUT2D eigenvalue weighted by atomic mass is 16.5. The van der Waals surface area contributed by atoms with Crippen LogP contribution in [0.4, 0.5) is 0 Å². The van der Waals surface area contributed by atoms with Crippen molar-refractivity contribution >= 4 is 17.8 Å². The largest absolute Gasteiger partial charge is 0.493 e. The number of rotatable bonds is 9. The Balaban J connectivity index is 1.61. The quantitative estimate of drug-likeness (QED) is 0.345. The van der Waals surface area contributed by atoms with Crippen molar-refractivity contribution < 1.29 is 28.5 Å². The van der Waals surface area contributed by atoms with Crippen molar-refractivity contribution in [1.82, 2.24) is 4.57 Å².